The van der Waals surface area contributed by atoms with E-state index in [2.05, 4.69) is 254 Å². The monoisotopic (exact) mass is 820 g/mol. The highest BCUT2D eigenvalue weighted by Crippen LogP contribution is 2.54. The molecule has 0 aromatic heterocycles. The minimum absolute atomic E-state index is 0.141. The fourth-order valence-corrected chi connectivity index (χ4v) is 10.1. The third-order valence-corrected chi connectivity index (χ3v) is 13.3. The molecule has 0 saturated heterocycles. The molecule has 0 spiro atoms. The first-order chi connectivity index (χ1) is 31.5. The van der Waals surface area contributed by atoms with Crippen molar-refractivity contribution in [2.45, 2.75) is 19.3 Å². The summed E-state index contributed by atoms with van der Waals surface area (Å²) in [6.07, 6.45) is 0. The average Bonchev–Trinajstić information content (AvgIpc) is 3.59. The lowest BCUT2D eigenvalue weighted by molar-refractivity contribution is 0.487. The van der Waals surface area contributed by atoms with Gasteiger partial charge in [-0.2, -0.15) is 0 Å². The van der Waals surface area contributed by atoms with Crippen LogP contribution in [0.4, 0.5) is 34.1 Å². The van der Waals surface area contributed by atoms with Gasteiger partial charge in [0.2, 0.25) is 0 Å². The Morgan fingerprint density at radius 3 is 1.52 bits per heavy atom. The van der Waals surface area contributed by atoms with Crippen LogP contribution < -0.4 is 14.5 Å². The normalized spacial score (nSPS) is 12.8. The van der Waals surface area contributed by atoms with E-state index >= 15 is 0 Å². The molecule has 3 heteroatoms. The predicted molar refractivity (Wildman–Crippen MR) is 267 cm³/mol. The molecule has 0 saturated carbocycles. The van der Waals surface area contributed by atoms with Crippen molar-refractivity contribution in [3.63, 3.8) is 0 Å². The van der Waals surface area contributed by atoms with Gasteiger partial charge in [-0.15, -0.1) is 0 Å². The number of ether oxygens (including phenoxy) is 1. The van der Waals surface area contributed by atoms with Crippen molar-refractivity contribution in [2.75, 3.05) is 9.80 Å². The van der Waals surface area contributed by atoms with Gasteiger partial charge in [0.25, 0.3) is 0 Å². The van der Waals surface area contributed by atoms with Crippen LogP contribution in [0.15, 0.2) is 231 Å². The van der Waals surface area contributed by atoms with Gasteiger partial charge >= 0.3 is 0 Å². The number of benzene rings is 10. The number of nitrogens with zero attached hydrogens (tertiary/aromatic N) is 2. The van der Waals surface area contributed by atoms with Crippen molar-refractivity contribution in [1.29, 1.82) is 0 Å². The fraction of sp³-hybridized carbons (Fsp3) is 0.0492. The maximum Gasteiger partial charge on any atom is 0.136 e. The van der Waals surface area contributed by atoms with Gasteiger partial charge in [0, 0.05) is 50.2 Å². The molecular formula is C61H44N2O. The van der Waals surface area contributed by atoms with E-state index in [1.54, 1.807) is 0 Å². The zero-order valence-electron chi connectivity index (χ0n) is 35.7. The summed E-state index contributed by atoms with van der Waals surface area (Å²) in [7, 11) is 0. The topological polar surface area (TPSA) is 15.7 Å². The van der Waals surface area contributed by atoms with Crippen LogP contribution >= 0.6 is 0 Å². The van der Waals surface area contributed by atoms with Crippen LogP contribution in [0.3, 0.4) is 0 Å². The molecule has 1 aliphatic heterocycles. The second kappa shape index (κ2) is 15.0. The zero-order valence-corrected chi connectivity index (χ0v) is 35.7. The Kier molecular flexibility index (Phi) is 8.84. The van der Waals surface area contributed by atoms with Gasteiger partial charge in [-0.25, -0.2) is 0 Å². The lowest BCUT2D eigenvalue weighted by Crippen LogP contribution is -2.16. The highest BCUT2D eigenvalue weighted by molar-refractivity contribution is 6.11. The molecule has 10 aromatic rings. The molecule has 3 nitrogen and oxygen atoms in total. The standard InChI is InChI=1S/C61H44N2O/c1-61(2)55-24-13-12-21-50(55)51-35-33-49(40-56(51)61)62(47-31-29-44(30-32-47)43-27-25-42(26-28-43)41-15-6-3-7-16-41)48-34-37-58-54(39-48)52-22-14-23-53-57(36-38-59(64-58)60(52)53)63(45-17-8-4-9-18-45)46-19-10-5-11-20-46/h3-40H,1-2H3. The average molecular weight is 821 g/mol. The van der Waals surface area contributed by atoms with E-state index in [1.807, 2.05) is 0 Å². The molecule has 1 heterocycles. The molecule has 0 N–H and O–H groups in total. The van der Waals surface area contributed by atoms with Crippen molar-refractivity contribution in [3.05, 3.63) is 242 Å². The van der Waals surface area contributed by atoms with E-state index in [1.165, 1.54) is 44.5 Å². The summed E-state index contributed by atoms with van der Waals surface area (Å²) >= 11 is 0. The molecule has 0 unspecified atom stereocenters. The van der Waals surface area contributed by atoms with Crippen LogP contribution in [-0.4, -0.2) is 0 Å². The van der Waals surface area contributed by atoms with Gasteiger partial charge < -0.3 is 14.5 Å². The molecule has 12 rings (SSSR count). The first kappa shape index (κ1) is 37.6. The van der Waals surface area contributed by atoms with Crippen LogP contribution in [-0.2, 0) is 5.41 Å². The lowest BCUT2D eigenvalue weighted by Gasteiger charge is -2.31. The molecule has 0 bridgehead atoms. The number of para-hydroxylation sites is 2. The Morgan fingerprint density at radius 2 is 0.828 bits per heavy atom. The molecular weight excluding hydrogens is 777 g/mol. The van der Waals surface area contributed by atoms with Crippen LogP contribution in [0.2, 0.25) is 0 Å². The number of anilines is 6. The van der Waals surface area contributed by atoms with Gasteiger partial charge in [0.15, 0.2) is 0 Å². The Hall–Kier alpha value is -8.14. The number of rotatable bonds is 8. The second-order valence-electron chi connectivity index (χ2n) is 17.3. The second-order valence-corrected chi connectivity index (χ2v) is 17.3. The molecule has 0 atom stereocenters. The highest BCUT2D eigenvalue weighted by atomic mass is 16.5. The number of fused-ring (bicyclic) bond motifs is 5. The largest absolute Gasteiger partial charge is 0.456 e. The molecule has 10 aromatic carbocycles. The Labute approximate surface area is 374 Å². The fourth-order valence-electron chi connectivity index (χ4n) is 10.1. The van der Waals surface area contributed by atoms with Gasteiger partial charge in [-0.3, -0.25) is 0 Å². The van der Waals surface area contributed by atoms with E-state index in [0.29, 0.717) is 0 Å². The summed E-state index contributed by atoms with van der Waals surface area (Å²) in [5.41, 5.74) is 18.7. The summed E-state index contributed by atoms with van der Waals surface area (Å²) in [5.74, 6) is 1.71. The third kappa shape index (κ3) is 6.20. The Balaban J connectivity index is 0.987. The molecule has 0 amide bonds. The van der Waals surface area contributed by atoms with E-state index < -0.39 is 0 Å². The zero-order chi connectivity index (χ0) is 42.8. The van der Waals surface area contributed by atoms with Gasteiger partial charge in [-0.1, -0.05) is 166 Å². The van der Waals surface area contributed by atoms with Crippen molar-refractivity contribution < 1.29 is 4.74 Å². The smallest absolute Gasteiger partial charge is 0.136 e. The molecule has 304 valence electrons. The van der Waals surface area contributed by atoms with Crippen LogP contribution in [0.5, 0.6) is 11.5 Å². The SMILES string of the molecule is CC1(C)c2ccccc2-c2ccc(N(c3ccc(-c4ccc(-c5ccccc5)cc4)cc3)c3ccc4c(c3)-c3cccc5c(N(c6ccccc6)c6ccccc6)ccc(c35)O4)cc21. The molecule has 1 aliphatic carbocycles. The predicted octanol–water partition coefficient (Wildman–Crippen LogP) is 17.2. The van der Waals surface area contributed by atoms with Crippen molar-refractivity contribution in [1.82, 2.24) is 0 Å². The van der Waals surface area contributed by atoms with Crippen LogP contribution in [0.1, 0.15) is 25.0 Å². The van der Waals surface area contributed by atoms with E-state index in [-0.39, 0.29) is 5.41 Å². The van der Waals surface area contributed by atoms with E-state index in [9.17, 15) is 0 Å². The molecule has 64 heavy (non-hydrogen) atoms. The lowest BCUT2D eigenvalue weighted by atomic mass is 9.82. The minimum Gasteiger partial charge on any atom is -0.456 e. The summed E-state index contributed by atoms with van der Waals surface area (Å²) in [6, 6.07) is 83.1. The van der Waals surface area contributed by atoms with Crippen molar-refractivity contribution >= 4 is 44.9 Å². The minimum atomic E-state index is -0.141. The summed E-state index contributed by atoms with van der Waals surface area (Å²) in [5, 5.41) is 2.23. The number of hydrogen-bond donors (Lipinski definition) is 0. The van der Waals surface area contributed by atoms with Crippen molar-refractivity contribution in [3.8, 4) is 56.0 Å². The van der Waals surface area contributed by atoms with Crippen LogP contribution in [0.25, 0.3) is 55.3 Å². The molecule has 2 aliphatic rings. The van der Waals surface area contributed by atoms with Gasteiger partial charge in [0.05, 0.1) is 5.69 Å². The first-order valence-corrected chi connectivity index (χ1v) is 22.1. The van der Waals surface area contributed by atoms with Crippen LogP contribution in [0, 0.1) is 0 Å². The summed E-state index contributed by atoms with van der Waals surface area (Å²) in [4.78, 5) is 4.74. The van der Waals surface area contributed by atoms with E-state index in [0.717, 1.165) is 67.5 Å². The van der Waals surface area contributed by atoms with Crippen molar-refractivity contribution in [2.24, 2.45) is 0 Å². The third-order valence-electron chi connectivity index (χ3n) is 13.3. The summed E-state index contributed by atoms with van der Waals surface area (Å²) < 4.78 is 6.83. The van der Waals surface area contributed by atoms with Gasteiger partial charge in [-0.05, 0) is 129 Å². The maximum atomic E-state index is 6.83. The van der Waals surface area contributed by atoms with Gasteiger partial charge in [0.1, 0.15) is 11.5 Å². The highest BCUT2D eigenvalue weighted by Gasteiger charge is 2.36. The summed E-state index contributed by atoms with van der Waals surface area (Å²) in [6.45, 7) is 4.70. The van der Waals surface area contributed by atoms with E-state index in [4.69, 9.17) is 4.74 Å². The molecule has 0 fully saturated rings. The maximum absolute atomic E-state index is 6.83. The Bertz CT molecular complexity index is 3320. The Morgan fingerprint density at radius 1 is 0.328 bits per heavy atom. The number of hydrogen-bond acceptors (Lipinski definition) is 3. The quantitative estimate of drug-likeness (QED) is 0.152. The molecule has 0 radical (unpaired) electrons. The first-order valence-electron chi connectivity index (χ1n) is 22.1.